The molecule has 0 aliphatic carbocycles. The van der Waals surface area contributed by atoms with Gasteiger partial charge in [0.1, 0.15) is 4.21 Å². The molecule has 0 saturated heterocycles. The maximum absolute atomic E-state index is 12.2. The average molecular weight is 413 g/mol. The largest absolute Gasteiger partial charge is 0.385 e. The number of nitrogen functional groups attached to an aromatic ring is 1. The molecule has 11 heteroatoms. The lowest BCUT2D eigenvalue weighted by molar-refractivity contribution is -0.383. The van der Waals surface area contributed by atoms with Crippen LogP contribution in [0.1, 0.15) is 0 Å². The zero-order chi connectivity index (χ0) is 15.8. The summed E-state index contributed by atoms with van der Waals surface area (Å²) in [5.74, 6) is 0. The van der Waals surface area contributed by atoms with Gasteiger partial charge in [-0.2, -0.15) is 0 Å². The van der Waals surface area contributed by atoms with Gasteiger partial charge in [0.15, 0.2) is 5.00 Å². The molecular weight excluding hydrogens is 406 g/mol. The number of hydrogen-bond acceptors (Lipinski definition) is 6. The van der Waals surface area contributed by atoms with Crippen molar-refractivity contribution < 1.29 is 13.3 Å². The molecule has 2 rings (SSSR count). The zero-order valence-corrected chi connectivity index (χ0v) is 14.0. The first-order valence-corrected chi connectivity index (χ1v) is 8.69. The van der Waals surface area contributed by atoms with E-state index in [2.05, 4.69) is 20.7 Å². The third-order valence-corrected chi connectivity index (χ3v) is 6.04. The monoisotopic (exact) mass is 411 g/mol. The third kappa shape index (κ3) is 3.46. The van der Waals surface area contributed by atoms with Crippen molar-refractivity contribution in [1.82, 2.24) is 0 Å². The van der Waals surface area contributed by atoms with Gasteiger partial charge in [-0.3, -0.25) is 14.8 Å². The number of nitrogens with two attached hydrogens (primary N) is 1. The van der Waals surface area contributed by atoms with Crippen molar-refractivity contribution in [2.24, 2.45) is 0 Å². The predicted molar refractivity (Wildman–Crippen MR) is 85.3 cm³/mol. The van der Waals surface area contributed by atoms with Gasteiger partial charge in [0.05, 0.1) is 10.6 Å². The number of anilines is 2. The lowest BCUT2D eigenvalue weighted by Crippen LogP contribution is -2.11. The Morgan fingerprint density at radius 2 is 2.05 bits per heavy atom. The van der Waals surface area contributed by atoms with Gasteiger partial charge in [-0.25, -0.2) is 8.42 Å². The summed E-state index contributed by atoms with van der Waals surface area (Å²) >= 11 is 9.56. The highest BCUT2D eigenvalue weighted by molar-refractivity contribution is 9.10. The normalized spacial score (nSPS) is 11.3. The fourth-order valence-corrected chi connectivity index (χ4v) is 4.62. The number of rotatable bonds is 4. The van der Waals surface area contributed by atoms with Crippen molar-refractivity contribution in [3.05, 3.63) is 43.9 Å². The lowest BCUT2D eigenvalue weighted by atomic mass is 10.3. The van der Waals surface area contributed by atoms with Crippen LogP contribution in [0.25, 0.3) is 0 Å². The van der Waals surface area contributed by atoms with Crippen LogP contribution in [-0.2, 0) is 10.0 Å². The van der Waals surface area contributed by atoms with E-state index in [0.29, 0.717) is 20.8 Å². The van der Waals surface area contributed by atoms with Crippen molar-refractivity contribution in [1.29, 1.82) is 0 Å². The van der Waals surface area contributed by atoms with Crippen molar-refractivity contribution in [2.75, 3.05) is 10.5 Å². The molecule has 1 aromatic heterocycles. The van der Waals surface area contributed by atoms with E-state index in [0.717, 1.165) is 6.07 Å². The molecule has 0 spiro atoms. The smallest absolute Gasteiger partial charge is 0.304 e. The molecule has 0 aliphatic heterocycles. The van der Waals surface area contributed by atoms with Crippen molar-refractivity contribution in [2.45, 2.75) is 4.21 Å². The molecule has 0 radical (unpaired) electrons. The Balaban J connectivity index is 2.38. The first-order valence-electron chi connectivity index (χ1n) is 5.22. The first kappa shape index (κ1) is 16.0. The molecular formula is C10H7BrClN3O4S2. The van der Waals surface area contributed by atoms with Crippen LogP contribution in [0.4, 0.5) is 16.4 Å². The lowest BCUT2D eigenvalue weighted by Gasteiger charge is -2.08. The van der Waals surface area contributed by atoms with E-state index in [9.17, 15) is 18.5 Å². The van der Waals surface area contributed by atoms with E-state index in [1.165, 1.54) is 18.2 Å². The number of nitrogens with zero attached hydrogens (tertiary/aromatic N) is 1. The van der Waals surface area contributed by atoms with Gasteiger partial charge in [0.25, 0.3) is 10.0 Å². The molecule has 7 nitrogen and oxygen atoms in total. The summed E-state index contributed by atoms with van der Waals surface area (Å²) in [4.78, 5) is 9.97. The molecule has 0 amide bonds. The maximum atomic E-state index is 12.2. The minimum Gasteiger partial charge on any atom is -0.385 e. The van der Waals surface area contributed by atoms with Crippen LogP contribution in [0.15, 0.2) is 32.9 Å². The highest BCUT2D eigenvalue weighted by Gasteiger charge is 2.25. The third-order valence-electron chi connectivity index (χ3n) is 2.35. The SMILES string of the molecule is Nc1sc(S(=O)(=O)Nc2ccc(Cl)cc2Br)cc1[N+](=O)[O-]. The summed E-state index contributed by atoms with van der Waals surface area (Å²) in [7, 11) is -3.97. The van der Waals surface area contributed by atoms with Gasteiger partial charge in [0.2, 0.25) is 0 Å². The second-order valence-corrected chi connectivity index (χ2v) is 8.09. The number of sulfonamides is 1. The van der Waals surface area contributed by atoms with Gasteiger partial charge in [-0.05, 0) is 34.1 Å². The Labute approximate surface area is 137 Å². The molecule has 0 unspecified atom stereocenters. The summed E-state index contributed by atoms with van der Waals surface area (Å²) in [5.41, 5.74) is 5.26. The highest BCUT2D eigenvalue weighted by atomic mass is 79.9. The molecule has 0 bridgehead atoms. The fraction of sp³-hybridized carbons (Fsp3) is 0. The van der Waals surface area contributed by atoms with Gasteiger partial charge in [0, 0.05) is 15.6 Å². The Hall–Kier alpha value is -1.36. The number of hydrogen-bond donors (Lipinski definition) is 2. The van der Waals surface area contributed by atoms with Crippen LogP contribution in [0.3, 0.4) is 0 Å². The number of nitro groups is 1. The second kappa shape index (κ2) is 5.79. The standard InChI is InChI=1S/C10H7BrClN3O4S2/c11-6-3-5(12)1-2-7(6)14-21(18,19)9-4-8(15(16)17)10(13)20-9/h1-4,14H,13H2. The molecule has 0 aliphatic rings. The molecule has 1 aromatic carbocycles. The molecule has 1 heterocycles. The second-order valence-electron chi connectivity index (χ2n) is 3.80. The average Bonchev–Trinajstić information content (AvgIpc) is 2.76. The summed E-state index contributed by atoms with van der Waals surface area (Å²) in [6.07, 6.45) is 0. The first-order chi connectivity index (χ1) is 9.70. The predicted octanol–water partition coefficient (Wildman–Crippen LogP) is 3.46. The Kier molecular flexibility index (Phi) is 4.42. The molecule has 0 fully saturated rings. The van der Waals surface area contributed by atoms with E-state index in [1.54, 1.807) is 0 Å². The topological polar surface area (TPSA) is 115 Å². The van der Waals surface area contributed by atoms with E-state index >= 15 is 0 Å². The molecule has 3 N–H and O–H groups in total. The van der Waals surface area contributed by atoms with Gasteiger partial charge in [-0.1, -0.05) is 22.9 Å². The Bertz CT molecular complexity index is 822. The highest BCUT2D eigenvalue weighted by Crippen LogP contribution is 2.36. The van der Waals surface area contributed by atoms with Crippen molar-refractivity contribution in [3.63, 3.8) is 0 Å². The van der Waals surface area contributed by atoms with Gasteiger partial charge in [-0.15, -0.1) is 0 Å². The van der Waals surface area contributed by atoms with E-state index in [4.69, 9.17) is 17.3 Å². The van der Waals surface area contributed by atoms with Crippen LogP contribution in [0.2, 0.25) is 5.02 Å². The summed E-state index contributed by atoms with van der Waals surface area (Å²) in [6.45, 7) is 0. The summed E-state index contributed by atoms with van der Waals surface area (Å²) in [5, 5.41) is 11.0. The van der Waals surface area contributed by atoms with Crippen molar-refractivity contribution in [3.8, 4) is 0 Å². The number of benzene rings is 1. The van der Waals surface area contributed by atoms with E-state index in [1.807, 2.05) is 0 Å². The van der Waals surface area contributed by atoms with Crippen molar-refractivity contribution >= 4 is 65.3 Å². The quantitative estimate of drug-likeness (QED) is 0.589. The van der Waals surface area contributed by atoms with Crippen LogP contribution >= 0.6 is 38.9 Å². The van der Waals surface area contributed by atoms with Crippen LogP contribution in [0.5, 0.6) is 0 Å². The number of nitrogens with one attached hydrogen (secondary N) is 1. The summed E-state index contributed by atoms with van der Waals surface area (Å²) in [6, 6.07) is 5.42. The van der Waals surface area contributed by atoms with Crippen LogP contribution in [-0.4, -0.2) is 13.3 Å². The molecule has 0 saturated carbocycles. The number of halogens is 2. The number of thiophene rings is 1. The summed E-state index contributed by atoms with van der Waals surface area (Å²) < 4.78 is 26.9. The zero-order valence-electron chi connectivity index (χ0n) is 10.0. The van der Waals surface area contributed by atoms with Gasteiger partial charge < -0.3 is 5.73 Å². The van der Waals surface area contributed by atoms with Gasteiger partial charge >= 0.3 is 5.69 Å². The molecule has 21 heavy (non-hydrogen) atoms. The van der Waals surface area contributed by atoms with E-state index < -0.39 is 20.6 Å². The molecule has 112 valence electrons. The fourth-order valence-electron chi connectivity index (χ4n) is 1.42. The van der Waals surface area contributed by atoms with Crippen LogP contribution < -0.4 is 10.5 Å². The molecule has 2 aromatic rings. The Morgan fingerprint density at radius 3 is 2.57 bits per heavy atom. The minimum atomic E-state index is -3.97. The minimum absolute atomic E-state index is 0.171. The Morgan fingerprint density at radius 1 is 1.38 bits per heavy atom. The maximum Gasteiger partial charge on any atom is 0.304 e. The van der Waals surface area contributed by atoms with E-state index in [-0.39, 0.29) is 14.9 Å². The molecule has 0 atom stereocenters. The van der Waals surface area contributed by atoms with Crippen LogP contribution in [0, 0.1) is 10.1 Å².